The van der Waals surface area contributed by atoms with Crippen LogP contribution in [0, 0.1) is 0 Å². The molecule has 4 aromatic carbocycles. The van der Waals surface area contributed by atoms with Gasteiger partial charge in [0.05, 0.1) is 16.6 Å². The highest BCUT2D eigenvalue weighted by atomic mass is 32.1. The van der Waals surface area contributed by atoms with Gasteiger partial charge in [-0.05, 0) is 52.6 Å². The minimum absolute atomic E-state index is 0.955. The second-order valence-corrected chi connectivity index (χ2v) is 8.59. The van der Waals surface area contributed by atoms with Crippen LogP contribution in [-0.2, 0) is 0 Å². The minimum atomic E-state index is 0.955. The Hall–Kier alpha value is -3.69. The average molecular weight is 401 g/mol. The van der Waals surface area contributed by atoms with Crippen molar-refractivity contribution in [2.75, 3.05) is 0 Å². The standard InChI is InChI=1S/C27H16N2S/c1-3-7-22-17(5-1)10-14-25(28-22)29-23-8-4-2-6-21(23)26-19-11-9-18-15-16-30-27(18)20(19)12-13-24(26)29/h1-16H. The van der Waals surface area contributed by atoms with Crippen LogP contribution in [0.4, 0.5) is 0 Å². The highest BCUT2D eigenvalue weighted by Crippen LogP contribution is 2.39. The molecule has 0 spiro atoms. The van der Waals surface area contributed by atoms with Crippen molar-refractivity contribution < 1.29 is 0 Å². The Bertz CT molecular complexity index is 1750. The Morgan fingerprint density at radius 2 is 1.43 bits per heavy atom. The number of thiophene rings is 1. The van der Waals surface area contributed by atoms with Gasteiger partial charge in [0.25, 0.3) is 0 Å². The Morgan fingerprint density at radius 1 is 0.600 bits per heavy atom. The van der Waals surface area contributed by atoms with E-state index in [9.17, 15) is 0 Å². The van der Waals surface area contributed by atoms with Crippen molar-refractivity contribution >= 4 is 64.9 Å². The van der Waals surface area contributed by atoms with Gasteiger partial charge in [-0.15, -0.1) is 11.3 Å². The molecule has 3 heterocycles. The van der Waals surface area contributed by atoms with Crippen LogP contribution in [0.1, 0.15) is 0 Å². The Balaban J connectivity index is 1.67. The molecule has 0 fully saturated rings. The summed E-state index contributed by atoms with van der Waals surface area (Å²) in [4.78, 5) is 5.00. The van der Waals surface area contributed by atoms with Crippen LogP contribution in [0.3, 0.4) is 0 Å². The molecule has 0 aliphatic rings. The van der Waals surface area contributed by atoms with Gasteiger partial charge in [-0.25, -0.2) is 4.98 Å². The van der Waals surface area contributed by atoms with Gasteiger partial charge in [0.2, 0.25) is 0 Å². The van der Waals surface area contributed by atoms with Crippen molar-refractivity contribution in [3.63, 3.8) is 0 Å². The van der Waals surface area contributed by atoms with Crippen LogP contribution in [0.5, 0.6) is 0 Å². The van der Waals surface area contributed by atoms with Crippen LogP contribution in [0.15, 0.2) is 96.4 Å². The lowest BCUT2D eigenvalue weighted by atomic mass is 10.0. The number of benzene rings is 4. The molecule has 0 unspecified atom stereocenters. The first-order valence-corrected chi connectivity index (χ1v) is 10.9. The summed E-state index contributed by atoms with van der Waals surface area (Å²) in [7, 11) is 0. The molecule has 0 saturated carbocycles. The Labute approximate surface area is 176 Å². The van der Waals surface area contributed by atoms with Crippen molar-refractivity contribution in [1.29, 1.82) is 0 Å². The molecule has 0 amide bonds. The fraction of sp³-hybridized carbons (Fsp3) is 0. The third kappa shape index (κ3) is 2.10. The zero-order valence-electron chi connectivity index (χ0n) is 16.0. The number of hydrogen-bond donors (Lipinski definition) is 0. The van der Waals surface area contributed by atoms with E-state index in [2.05, 4.69) is 94.9 Å². The van der Waals surface area contributed by atoms with E-state index in [1.54, 1.807) is 0 Å². The minimum Gasteiger partial charge on any atom is -0.294 e. The van der Waals surface area contributed by atoms with Gasteiger partial charge < -0.3 is 0 Å². The van der Waals surface area contributed by atoms with E-state index < -0.39 is 0 Å². The number of aromatic nitrogens is 2. The predicted octanol–water partition coefficient (Wildman–Crippen LogP) is 7.70. The second-order valence-electron chi connectivity index (χ2n) is 7.67. The van der Waals surface area contributed by atoms with Crippen molar-refractivity contribution in [2.24, 2.45) is 0 Å². The summed E-state index contributed by atoms with van der Waals surface area (Å²) in [5.41, 5.74) is 3.40. The van der Waals surface area contributed by atoms with Gasteiger partial charge in [0.1, 0.15) is 5.82 Å². The first kappa shape index (κ1) is 16.1. The van der Waals surface area contributed by atoms with E-state index in [1.807, 2.05) is 17.4 Å². The first-order chi connectivity index (χ1) is 14.9. The summed E-state index contributed by atoms with van der Waals surface area (Å²) in [6.07, 6.45) is 0. The first-order valence-electron chi connectivity index (χ1n) is 10.1. The lowest BCUT2D eigenvalue weighted by Gasteiger charge is -2.09. The summed E-state index contributed by atoms with van der Waals surface area (Å²) >= 11 is 1.82. The number of pyridine rings is 1. The van der Waals surface area contributed by atoms with Crippen molar-refractivity contribution in [2.45, 2.75) is 0 Å². The van der Waals surface area contributed by atoms with Crippen LogP contribution in [0.2, 0.25) is 0 Å². The zero-order valence-corrected chi connectivity index (χ0v) is 16.9. The van der Waals surface area contributed by atoms with Gasteiger partial charge in [0, 0.05) is 26.2 Å². The summed E-state index contributed by atoms with van der Waals surface area (Å²) in [6.45, 7) is 0. The molecule has 0 saturated heterocycles. The molecular formula is C27H16N2S. The fourth-order valence-corrected chi connectivity index (χ4v) is 5.66. The summed E-state index contributed by atoms with van der Waals surface area (Å²) in [5.74, 6) is 0.955. The molecule has 3 aromatic heterocycles. The lowest BCUT2D eigenvalue weighted by molar-refractivity contribution is 1.10. The molecule has 0 bridgehead atoms. The summed E-state index contributed by atoms with van der Waals surface area (Å²) < 4.78 is 3.66. The number of hydrogen-bond acceptors (Lipinski definition) is 2. The molecule has 30 heavy (non-hydrogen) atoms. The topological polar surface area (TPSA) is 17.8 Å². The lowest BCUT2D eigenvalue weighted by Crippen LogP contribution is -1.97. The molecule has 3 heteroatoms. The molecule has 0 radical (unpaired) electrons. The van der Waals surface area contributed by atoms with E-state index in [1.165, 1.54) is 42.7 Å². The van der Waals surface area contributed by atoms with E-state index in [0.29, 0.717) is 0 Å². The highest BCUT2D eigenvalue weighted by Gasteiger charge is 2.16. The van der Waals surface area contributed by atoms with Crippen LogP contribution < -0.4 is 0 Å². The van der Waals surface area contributed by atoms with Gasteiger partial charge >= 0.3 is 0 Å². The molecule has 0 aliphatic carbocycles. The van der Waals surface area contributed by atoms with E-state index in [4.69, 9.17) is 4.98 Å². The molecular weight excluding hydrogens is 384 g/mol. The van der Waals surface area contributed by atoms with Crippen molar-refractivity contribution in [3.8, 4) is 5.82 Å². The van der Waals surface area contributed by atoms with E-state index in [-0.39, 0.29) is 0 Å². The second kappa shape index (κ2) is 5.91. The quantitative estimate of drug-likeness (QED) is 0.276. The largest absolute Gasteiger partial charge is 0.294 e. The van der Waals surface area contributed by atoms with Crippen LogP contribution in [-0.4, -0.2) is 9.55 Å². The number of para-hydroxylation sites is 2. The highest BCUT2D eigenvalue weighted by molar-refractivity contribution is 7.18. The number of rotatable bonds is 1. The maximum absolute atomic E-state index is 5.00. The molecule has 7 rings (SSSR count). The van der Waals surface area contributed by atoms with Gasteiger partial charge in [0.15, 0.2) is 0 Å². The summed E-state index contributed by atoms with van der Waals surface area (Å²) in [6, 6.07) is 32.5. The van der Waals surface area contributed by atoms with Crippen LogP contribution in [0.25, 0.3) is 59.4 Å². The summed E-state index contributed by atoms with van der Waals surface area (Å²) in [5, 5.41) is 9.84. The Morgan fingerprint density at radius 3 is 2.43 bits per heavy atom. The molecule has 0 N–H and O–H groups in total. The monoisotopic (exact) mass is 400 g/mol. The molecule has 2 nitrogen and oxygen atoms in total. The SMILES string of the molecule is c1ccc2nc(-n3c4ccccc4c4c5ccc6ccsc6c5ccc43)ccc2c1. The van der Waals surface area contributed by atoms with Gasteiger partial charge in [-0.2, -0.15) is 0 Å². The van der Waals surface area contributed by atoms with Gasteiger partial charge in [-0.1, -0.05) is 54.6 Å². The molecule has 0 aliphatic heterocycles. The average Bonchev–Trinajstić information content (AvgIpc) is 3.41. The Kier molecular flexibility index (Phi) is 3.18. The molecule has 140 valence electrons. The van der Waals surface area contributed by atoms with E-state index in [0.717, 1.165) is 16.7 Å². The van der Waals surface area contributed by atoms with E-state index >= 15 is 0 Å². The third-order valence-corrected chi connectivity index (χ3v) is 7.02. The smallest absolute Gasteiger partial charge is 0.138 e. The van der Waals surface area contributed by atoms with Crippen molar-refractivity contribution in [1.82, 2.24) is 9.55 Å². The maximum atomic E-state index is 5.00. The zero-order chi connectivity index (χ0) is 19.7. The van der Waals surface area contributed by atoms with Gasteiger partial charge in [-0.3, -0.25) is 4.57 Å². The predicted molar refractivity (Wildman–Crippen MR) is 129 cm³/mol. The number of nitrogens with zero attached hydrogens (tertiary/aromatic N) is 2. The molecule has 0 atom stereocenters. The number of fused-ring (bicyclic) bond motifs is 8. The fourth-order valence-electron chi connectivity index (χ4n) is 4.73. The maximum Gasteiger partial charge on any atom is 0.138 e. The van der Waals surface area contributed by atoms with Crippen LogP contribution >= 0.6 is 11.3 Å². The normalized spacial score (nSPS) is 12.0. The van der Waals surface area contributed by atoms with Crippen molar-refractivity contribution in [3.05, 3.63) is 96.4 Å². The molecule has 7 aromatic rings. The third-order valence-electron chi connectivity index (χ3n) is 6.06.